The Labute approximate surface area is 219 Å². The van der Waals surface area contributed by atoms with Gasteiger partial charge in [-0.25, -0.2) is 4.79 Å². The van der Waals surface area contributed by atoms with Crippen LogP contribution in [-0.4, -0.2) is 65.7 Å². The van der Waals surface area contributed by atoms with Crippen LogP contribution in [0.5, 0.6) is 0 Å². The molecule has 0 aliphatic carbocycles. The molecule has 8 nitrogen and oxygen atoms in total. The molecule has 2 N–H and O–H groups in total. The molecule has 2 atom stereocenters. The summed E-state index contributed by atoms with van der Waals surface area (Å²) in [6, 6.07) is 5.52. The Kier molecular flexibility index (Phi) is 13.5. The van der Waals surface area contributed by atoms with Crippen molar-refractivity contribution in [3.05, 3.63) is 35.9 Å². The van der Waals surface area contributed by atoms with Crippen molar-refractivity contribution < 1.29 is 41.8 Å². The van der Waals surface area contributed by atoms with Crippen molar-refractivity contribution in [3.63, 3.8) is 0 Å². The molecular formula is C25H35F3N2O6S. The van der Waals surface area contributed by atoms with E-state index in [4.69, 9.17) is 9.47 Å². The van der Waals surface area contributed by atoms with Gasteiger partial charge in [-0.3, -0.25) is 14.4 Å². The Morgan fingerprint density at radius 1 is 0.973 bits per heavy atom. The van der Waals surface area contributed by atoms with Crippen molar-refractivity contribution in [1.29, 1.82) is 0 Å². The van der Waals surface area contributed by atoms with E-state index in [0.717, 1.165) is 0 Å². The molecule has 0 fully saturated rings. The van der Waals surface area contributed by atoms with E-state index in [1.807, 2.05) is 0 Å². The van der Waals surface area contributed by atoms with E-state index in [1.165, 1.54) is 11.8 Å². The molecule has 1 rings (SSSR count). The van der Waals surface area contributed by atoms with Crippen molar-refractivity contribution in [2.75, 3.05) is 18.1 Å². The van der Waals surface area contributed by atoms with Crippen LogP contribution in [0.2, 0.25) is 0 Å². The van der Waals surface area contributed by atoms with Gasteiger partial charge in [0.15, 0.2) is 0 Å². The quantitative estimate of drug-likeness (QED) is 0.270. The third kappa shape index (κ3) is 13.9. The molecule has 0 aromatic heterocycles. The molecule has 0 aliphatic rings. The molecule has 0 aliphatic heterocycles. The second kappa shape index (κ2) is 15.5. The van der Waals surface area contributed by atoms with Gasteiger partial charge in [0.25, 0.3) is 0 Å². The lowest BCUT2D eigenvalue weighted by atomic mass is 10.0. The molecule has 0 unspecified atom stereocenters. The normalized spacial score (nSPS) is 13.3. The molecule has 0 saturated heterocycles. The zero-order chi connectivity index (χ0) is 28.1. The summed E-state index contributed by atoms with van der Waals surface area (Å²) in [5.41, 5.74) is -0.334. The van der Waals surface area contributed by atoms with Crippen LogP contribution in [-0.2, 0) is 35.1 Å². The molecule has 0 heterocycles. The molecule has 12 heteroatoms. The van der Waals surface area contributed by atoms with Crippen LogP contribution in [0.3, 0.4) is 0 Å². The number of rotatable bonds is 14. The van der Waals surface area contributed by atoms with Gasteiger partial charge in [-0.1, -0.05) is 30.3 Å². The summed E-state index contributed by atoms with van der Waals surface area (Å²) < 4.78 is 48.9. The summed E-state index contributed by atoms with van der Waals surface area (Å²) in [5, 5.41) is 4.19. The maximum Gasteiger partial charge on any atom is 0.471 e. The average molecular weight is 549 g/mol. The minimum atomic E-state index is -5.18. The Morgan fingerprint density at radius 3 is 2.19 bits per heavy atom. The summed E-state index contributed by atoms with van der Waals surface area (Å²) in [6.45, 7) is 6.97. The molecule has 1 aromatic rings. The Balaban J connectivity index is 2.89. The van der Waals surface area contributed by atoms with Crippen molar-refractivity contribution in [3.8, 4) is 0 Å². The summed E-state index contributed by atoms with van der Waals surface area (Å²) in [4.78, 5) is 48.8. The Hall–Kier alpha value is -2.76. The lowest BCUT2D eigenvalue weighted by Crippen LogP contribution is -2.55. The predicted molar refractivity (Wildman–Crippen MR) is 134 cm³/mol. The fraction of sp³-hybridized carbons (Fsp3) is 0.600. The van der Waals surface area contributed by atoms with E-state index >= 15 is 0 Å². The fourth-order valence-electron chi connectivity index (χ4n) is 3.07. The SMILES string of the molecule is CCOC(=O)CCSCCC[C@@H](NC(=O)[C@H](Cc1ccccc1)NC(=O)C(F)(F)F)C(=O)OC(C)(C)C. The maximum absolute atomic E-state index is 13.0. The zero-order valence-electron chi connectivity index (χ0n) is 21.5. The van der Waals surface area contributed by atoms with Gasteiger partial charge in [0.2, 0.25) is 5.91 Å². The maximum atomic E-state index is 13.0. The lowest BCUT2D eigenvalue weighted by molar-refractivity contribution is -0.174. The van der Waals surface area contributed by atoms with E-state index in [1.54, 1.807) is 63.3 Å². The van der Waals surface area contributed by atoms with Crippen LogP contribution in [0.1, 0.15) is 52.5 Å². The molecular weight excluding hydrogens is 513 g/mol. The van der Waals surface area contributed by atoms with E-state index in [9.17, 15) is 32.3 Å². The highest BCUT2D eigenvalue weighted by Crippen LogP contribution is 2.17. The van der Waals surface area contributed by atoms with Crippen molar-refractivity contribution >= 4 is 35.5 Å². The molecule has 0 spiro atoms. The number of hydrogen-bond donors (Lipinski definition) is 2. The van der Waals surface area contributed by atoms with Gasteiger partial charge >= 0.3 is 24.0 Å². The number of benzene rings is 1. The van der Waals surface area contributed by atoms with Crippen LogP contribution in [0.25, 0.3) is 0 Å². The minimum Gasteiger partial charge on any atom is -0.466 e. The summed E-state index contributed by atoms with van der Waals surface area (Å²) in [6.07, 6.45) is -4.54. The number of nitrogens with one attached hydrogen (secondary N) is 2. The highest BCUT2D eigenvalue weighted by atomic mass is 32.2. The number of carbonyl (C=O) groups is 4. The zero-order valence-corrected chi connectivity index (χ0v) is 22.3. The van der Waals surface area contributed by atoms with Gasteiger partial charge in [-0.05, 0) is 51.9 Å². The van der Waals surface area contributed by atoms with Crippen molar-refractivity contribution in [1.82, 2.24) is 10.6 Å². The molecule has 208 valence electrons. The standard InChI is InChI=1S/C25H35F3N2O6S/c1-5-35-20(31)13-15-37-14-9-12-18(22(33)36-24(2,3)4)29-21(32)19(30-23(34)25(26,27)28)16-17-10-7-6-8-11-17/h6-8,10-11,18-19H,5,9,12-16H2,1-4H3,(H,29,32)(H,30,34)/t18-,19+/m1/s1. The van der Waals surface area contributed by atoms with Gasteiger partial charge in [0.05, 0.1) is 13.0 Å². The molecule has 1 aromatic carbocycles. The number of amides is 2. The predicted octanol–water partition coefficient (Wildman–Crippen LogP) is 3.57. The molecule has 37 heavy (non-hydrogen) atoms. The number of alkyl halides is 3. The van der Waals surface area contributed by atoms with E-state index < -0.39 is 41.6 Å². The molecule has 2 amide bonds. The van der Waals surface area contributed by atoms with Gasteiger partial charge in [0, 0.05) is 12.2 Å². The molecule has 0 saturated carbocycles. The number of esters is 2. The van der Waals surface area contributed by atoms with Crippen molar-refractivity contribution in [2.45, 2.75) is 77.2 Å². The molecule has 0 bridgehead atoms. The number of carbonyl (C=O) groups excluding carboxylic acids is 4. The topological polar surface area (TPSA) is 111 Å². The number of thioether (sulfide) groups is 1. The molecule has 0 radical (unpaired) electrons. The van der Waals surface area contributed by atoms with Crippen LogP contribution in [0.4, 0.5) is 13.2 Å². The average Bonchev–Trinajstić information content (AvgIpc) is 2.79. The van der Waals surface area contributed by atoms with Gasteiger partial charge in [-0.15, -0.1) is 0 Å². The Morgan fingerprint density at radius 2 is 1.62 bits per heavy atom. The first kappa shape index (κ1) is 32.3. The third-order valence-electron chi connectivity index (χ3n) is 4.71. The van der Waals surface area contributed by atoms with Gasteiger partial charge in [0.1, 0.15) is 17.7 Å². The second-order valence-corrected chi connectivity index (χ2v) is 10.3. The van der Waals surface area contributed by atoms with E-state index in [0.29, 0.717) is 30.1 Å². The first-order valence-electron chi connectivity index (χ1n) is 11.9. The smallest absolute Gasteiger partial charge is 0.466 e. The lowest BCUT2D eigenvalue weighted by Gasteiger charge is -2.26. The van der Waals surface area contributed by atoms with Crippen LogP contribution < -0.4 is 10.6 Å². The van der Waals surface area contributed by atoms with Crippen LogP contribution in [0, 0.1) is 0 Å². The second-order valence-electron chi connectivity index (χ2n) is 9.12. The van der Waals surface area contributed by atoms with Crippen LogP contribution in [0.15, 0.2) is 30.3 Å². The van der Waals surface area contributed by atoms with E-state index in [-0.39, 0.29) is 25.2 Å². The number of ether oxygens (including phenoxy) is 2. The highest BCUT2D eigenvalue weighted by molar-refractivity contribution is 7.99. The van der Waals surface area contributed by atoms with Crippen LogP contribution >= 0.6 is 11.8 Å². The third-order valence-corrected chi connectivity index (χ3v) is 5.78. The summed E-state index contributed by atoms with van der Waals surface area (Å²) >= 11 is 1.46. The largest absolute Gasteiger partial charge is 0.471 e. The van der Waals surface area contributed by atoms with E-state index in [2.05, 4.69) is 5.32 Å². The van der Waals surface area contributed by atoms with Gasteiger partial charge < -0.3 is 20.1 Å². The minimum absolute atomic E-state index is 0.151. The summed E-state index contributed by atoms with van der Waals surface area (Å²) in [7, 11) is 0. The summed E-state index contributed by atoms with van der Waals surface area (Å²) in [5.74, 6) is -3.16. The van der Waals surface area contributed by atoms with Crippen molar-refractivity contribution in [2.24, 2.45) is 0 Å². The number of hydrogen-bond acceptors (Lipinski definition) is 7. The fourth-order valence-corrected chi connectivity index (χ4v) is 3.96. The first-order valence-corrected chi connectivity index (χ1v) is 13.1. The first-order chi connectivity index (χ1) is 17.2. The Bertz CT molecular complexity index is 891. The van der Waals surface area contributed by atoms with Gasteiger partial charge in [-0.2, -0.15) is 24.9 Å². The highest BCUT2D eigenvalue weighted by Gasteiger charge is 2.41. The number of halogens is 3. The monoisotopic (exact) mass is 548 g/mol.